The van der Waals surface area contributed by atoms with E-state index in [1.165, 1.54) is 12.3 Å². The molecular formula is C12H12O3. The summed E-state index contributed by atoms with van der Waals surface area (Å²) < 4.78 is 10.6. The Morgan fingerprint density at radius 3 is 2.93 bits per heavy atom. The van der Waals surface area contributed by atoms with Crippen LogP contribution in [0, 0.1) is 0 Å². The lowest BCUT2D eigenvalue weighted by Crippen LogP contribution is -2.12. The first-order valence-electron chi connectivity index (χ1n) is 4.79. The Balaban J connectivity index is 2.29. The predicted molar refractivity (Wildman–Crippen MR) is 55.6 cm³/mol. The Morgan fingerprint density at radius 1 is 1.40 bits per heavy atom. The van der Waals surface area contributed by atoms with Crippen molar-refractivity contribution in [2.45, 2.75) is 12.5 Å². The number of allylic oxidation sites excluding steroid dienone is 1. The number of benzene rings is 1. The zero-order chi connectivity index (χ0) is 10.7. The van der Waals surface area contributed by atoms with E-state index in [0.717, 1.165) is 11.3 Å². The minimum Gasteiger partial charge on any atom is -0.496 e. The van der Waals surface area contributed by atoms with E-state index >= 15 is 0 Å². The average Bonchev–Trinajstić information content (AvgIpc) is 2.29. The van der Waals surface area contributed by atoms with Crippen LogP contribution in [0.3, 0.4) is 0 Å². The van der Waals surface area contributed by atoms with Gasteiger partial charge in [0.2, 0.25) is 0 Å². The standard InChI is InChI=1S/C12H12O3/c1-14-11-5-3-2-4-10(11)12-8-9(13)6-7-15-12/h2-7,12H,8H2,1H3/t12-/m0/s1. The maximum atomic E-state index is 11.2. The van der Waals surface area contributed by atoms with Crippen molar-refractivity contribution in [1.82, 2.24) is 0 Å². The zero-order valence-corrected chi connectivity index (χ0v) is 8.47. The molecule has 0 unspecified atom stereocenters. The number of methoxy groups -OCH3 is 1. The molecule has 0 amide bonds. The van der Waals surface area contributed by atoms with Crippen molar-refractivity contribution in [1.29, 1.82) is 0 Å². The molecule has 0 N–H and O–H groups in total. The second-order valence-corrected chi connectivity index (χ2v) is 3.34. The fraction of sp³-hybridized carbons (Fsp3) is 0.250. The monoisotopic (exact) mass is 204 g/mol. The van der Waals surface area contributed by atoms with Crippen LogP contribution in [-0.2, 0) is 9.53 Å². The lowest BCUT2D eigenvalue weighted by atomic mass is 10.0. The molecule has 1 heterocycles. The summed E-state index contributed by atoms with van der Waals surface area (Å²) in [6, 6.07) is 7.57. The normalized spacial score (nSPS) is 19.8. The minimum atomic E-state index is -0.223. The third-order valence-electron chi connectivity index (χ3n) is 2.37. The Morgan fingerprint density at radius 2 is 2.20 bits per heavy atom. The highest BCUT2D eigenvalue weighted by atomic mass is 16.5. The van der Waals surface area contributed by atoms with Crippen LogP contribution >= 0.6 is 0 Å². The highest BCUT2D eigenvalue weighted by Crippen LogP contribution is 2.31. The van der Waals surface area contributed by atoms with Gasteiger partial charge in [0.25, 0.3) is 0 Å². The van der Waals surface area contributed by atoms with Crippen LogP contribution in [0.4, 0.5) is 0 Å². The van der Waals surface area contributed by atoms with E-state index in [4.69, 9.17) is 9.47 Å². The van der Waals surface area contributed by atoms with E-state index in [0.29, 0.717) is 6.42 Å². The molecule has 15 heavy (non-hydrogen) atoms. The van der Waals surface area contributed by atoms with Crippen LogP contribution in [0.5, 0.6) is 5.75 Å². The molecule has 0 aliphatic carbocycles. The fourth-order valence-electron chi connectivity index (χ4n) is 1.62. The topological polar surface area (TPSA) is 35.5 Å². The van der Waals surface area contributed by atoms with E-state index in [1.807, 2.05) is 24.3 Å². The summed E-state index contributed by atoms with van der Waals surface area (Å²) in [5.41, 5.74) is 0.915. The number of para-hydroxylation sites is 1. The fourth-order valence-corrected chi connectivity index (χ4v) is 1.62. The molecule has 78 valence electrons. The highest BCUT2D eigenvalue weighted by molar-refractivity contribution is 5.90. The lowest BCUT2D eigenvalue weighted by Gasteiger charge is -2.20. The second kappa shape index (κ2) is 4.17. The molecule has 1 atom stereocenters. The van der Waals surface area contributed by atoms with E-state index in [-0.39, 0.29) is 11.9 Å². The number of carbonyl (C=O) groups excluding carboxylic acids is 1. The molecule has 3 heteroatoms. The first-order valence-corrected chi connectivity index (χ1v) is 4.79. The van der Waals surface area contributed by atoms with Gasteiger partial charge in [-0.25, -0.2) is 0 Å². The van der Waals surface area contributed by atoms with Crippen molar-refractivity contribution in [3.63, 3.8) is 0 Å². The molecular weight excluding hydrogens is 192 g/mol. The van der Waals surface area contributed by atoms with Gasteiger partial charge >= 0.3 is 0 Å². The van der Waals surface area contributed by atoms with Gasteiger partial charge < -0.3 is 9.47 Å². The molecule has 0 spiro atoms. The van der Waals surface area contributed by atoms with Crippen LogP contribution in [0.15, 0.2) is 36.6 Å². The number of ketones is 1. The number of hydrogen-bond acceptors (Lipinski definition) is 3. The molecule has 1 aromatic rings. The van der Waals surface area contributed by atoms with Gasteiger partial charge in [0, 0.05) is 11.6 Å². The van der Waals surface area contributed by atoms with E-state index in [1.54, 1.807) is 7.11 Å². The number of ether oxygens (including phenoxy) is 2. The number of rotatable bonds is 2. The lowest BCUT2D eigenvalue weighted by molar-refractivity contribution is -0.118. The number of carbonyl (C=O) groups is 1. The summed E-state index contributed by atoms with van der Waals surface area (Å²) >= 11 is 0. The molecule has 0 saturated carbocycles. The van der Waals surface area contributed by atoms with Gasteiger partial charge in [-0.05, 0) is 6.07 Å². The first kappa shape index (κ1) is 9.77. The predicted octanol–water partition coefficient (Wildman–Crippen LogP) is 2.24. The molecule has 2 rings (SSSR count). The van der Waals surface area contributed by atoms with Crippen LogP contribution in [0.2, 0.25) is 0 Å². The molecule has 1 aliphatic heterocycles. The summed E-state index contributed by atoms with van der Waals surface area (Å²) in [7, 11) is 1.61. The summed E-state index contributed by atoms with van der Waals surface area (Å²) in [6.45, 7) is 0. The molecule has 1 aromatic carbocycles. The SMILES string of the molecule is COc1ccccc1[C@@H]1CC(=O)C=CO1. The smallest absolute Gasteiger partial charge is 0.162 e. The van der Waals surface area contributed by atoms with Crippen LogP contribution in [0.1, 0.15) is 18.1 Å². The van der Waals surface area contributed by atoms with Gasteiger partial charge in [-0.3, -0.25) is 4.79 Å². The molecule has 0 bridgehead atoms. The Kier molecular flexibility index (Phi) is 2.72. The molecule has 0 fully saturated rings. The highest BCUT2D eigenvalue weighted by Gasteiger charge is 2.21. The molecule has 0 radical (unpaired) electrons. The van der Waals surface area contributed by atoms with Gasteiger partial charge in [0.1, 0.15) is 11.9 Å². The van der Waals surface area contributed by atoms with Crippen LogP contribution in [-0.4, -0.2) is 12.9 Å². The summed E-state index contributed by atoms with van der Waals surface area (Å²) in [6.07, 6.45) is 3.05. The minimum absolute atomic E-state index is 0.0807. The second-order valence-electron chi connectivity index (χ2n) is 3.34. The van der Waals surface area contributed by atoms with Crippen molar-refractivity contribution in [2.75, 3.05) is 7.11 Å². The van der Waals surface area contributed by atoms with Gasteiger partial charge in [0.15, 0.2) is 5.78 Å². The maximum Gasteiger partial charge on any atom is 0.162 e. The summed E-state index contributed by atoms with van der Waals surface area (Å²) in [4.78, 5) is 11.2. The van der Waals surface area contributed by atoms with Crippen molar-refractivity contribution < 1.29 is 14.3 Å². The average molecular weight is 204 g/mol. The Labute approximate surface area is 88.3 Å². The van der Waals surface area contributed by atoms with E-state index < -0.39 is 0 Å². The molecule has 0 aromatic heterocycles. The molecule has 0 saturated heterocycles. The summed E-state index contributed by atoms with van der Waals surface area (Å²) in [5, 5.41) is 0. The summed E-state index contributed by atoms with van der Waals surface area (Å²) in [5.74, 6) is 0.836. The van der Waals surface area contributed by atoms with E-state index in [9.17, 15) is 4.79 Å². The van der Waals surface area contributed by atoms with Gasteiger partial charge in [-0.1, -0.05) is 18.2 Å². The van der Waals surface area contributed by atoms with Crippen LogP contribution < -0.4 is 4.74 Å². The maximum absolute atomic E-state index is 11.2. The zero-order valence-electron chi connectivity index (χ0n) is 8.47. The van der Waals surface area contributed by atoms with Crippen molar-refractivity contribution in [3.05, 3.63) is 42.2 Å². The van der Waals surface area contributed by atoms with Crippen molar-refractivity contribution in [3.8, 4) is 5.75 Å². The number of hydrogen-bond donors (Lipinski definition) is 0. The largest absolute Gasteiger partial charge is 0.496 e. The Bertz CT molecular complexity index is 396. The third-order valence-corrected chi connectivity index (χ3v) is 2.37. The quantitative estimate of drug-likeness (QED) is 0.741. The van der Waals surface area contributed by atoms with Crippen molar-refractivity contribution in [2.24, 2.45) is 0 Å². The molecule has 3 nitrogen and oxygen atoms in total. The van der Waals surface area contributed by atoms with Crippen molar-refractivity contribution >= 4 is 5.78 Å². The molecule has 1 aliphatic rings. The van der Waals surface area contributed by atoms with Gasteiger partial charge in [-0.2, -0.15) is 0 Å². The van der Waals surface area contributed by atoms with Gasteiger partial charge in [0.05, 0.1) is 19.8 Å². The van der Waals surface area contributed by atoms with E-state index in [2.05, 4.69) is 0 Å². The first-order chi connectivity index (χ1) is 7.31. The van der Waals surface area contributed by atoms with Gasteiger partial charge in [-0.15, -0.1) is 0 Å². The third kappa shape index (κ3) is 2.01. The van der Waals surface area contributed by atoms with Crippen LogP contribution in [0.25, 0.3) is 0 Å². The Hall–Kier alpha value is -1.77.